The van der Waals surface area contributed by atoms with E-state index in [0.29, 0.717) is 5.69 Å². The molecule has 1 aromatic heterocycles. The van der Waals surface area contributed by atoms with E-state index < -0.39 is 0 Å². The number of aryl methyl sites for hydroxylation is 1. The van der Waals surface area contributed by atoms with Crippen molar-refractivity contribution in [1.82, 2.24) is 4.98 Å². The molecule has 0 aliphatic carbocycles. The summed E-state index contributed by atoms with van der Waals surface area (Å²) in [5, 5.41) is 0. The average Bonchev–Trinajstić information content (AvgIpc) is 2.18. The maximum Gasteiger partial charge on any atom is 0.183 e. The fourth-order valence-electron chi connectivity index (χ4n) is 1.40. The van der Waals surface area contributed by atoms with Crippen LogP contribution in [0.4, 0.5) is 0 Å². The van der Waals surface area contributed by atoms with Crippen LogP contribution in [0.15, 0.2) is 18.3 Å². The highest BCUT2D eigenvalue weighted by Crippen LogP contribution is 2.12. The largest absolute Gasteiger partial charge is 0.292 e. The van der Waals surface area contributed by atoms with Crippen molar-refractivity contribution in [3.05, 3.63) is 29.6 Å². The van der Waals surface area contributed by atoms with E-state index in [4.69, 9.17) is 0 Å². The molecule has 0 aliphatic rings. The molecule has 76 valence electrons. The molecule has 1 rings (SSSR count). The van der Waals surface area contributed by atoms with Crippen LogP contribution < -0.4 is 0 Å². The number of rotatable bonds is 4. The normalized spacial score (nSPS) is 10.6. The lowest BCUT2D eigenvalue weighted by Crippen LogP contribution is -2.12. The second kappa shape index (κ2) is 4.89. The lowest BCUT2D eigenvalue weighted by atomic mass is 9.99. The van der Waals surface area contributed by atoms with Crippen molar-refractivity contribution in [3.8, 4) is 0 Å². The maximum atomic E-state index is 11.8. The Morgan fingerprint density at radius 1 is 1.50 bits per heavy atom. The zero-order valence-corrected chi connectivity index (χ0v) is 9.08. The van der Waals surface area contributed by atoms with Crippen molar-refractivity contribution in [3.63, 3.8) is 0 Å². The first-order valence-corrected chi connectivity index (χ1v) is 5.15. The van der Waals surface area contributed by atoms with Gasteiger partial charge in [-0.15, -0.1) is 0 Å². The molecule has 14 heavy (non-hydrogen) atoms. The number of carbonyl (C=O) groups excluding carboxylic acids is 1. The number of Topliss-reactive ketones (excluding diaryl/α,β-unsaturated/α-hetero) is 1. The van der Waals surface area contributed by atoms with E-state index in [0.717, 1.165) is 18.4 Å². The molecule has 0 radical (unpaired) electrons. The Labute approximate surface area is 85.4 Å². The molecule has 0 aromatic carbocycles. The molecule has 0 saturated heterocycles. The second-order valence-electron chi connectivity index (χ2n) is 3.78. The Bertz CT molecular complexity index is 318. The minimum absolute atomic E-state index is 0.0282. The van der Waals surface area contributed by atoms with Gasteiger partial charge in [0.25, 0.3) is 0 Å². The minimum atomic E-state index is 0.0282. The molecular formula is C12H17NO. The van der Waals surface area contributed by atoms with Crippen LogP contribution in [0.5, 0.6) is 0 Å². The van der Waals surface area contributed by atoms with Crippen LogP contribution in [0.2, 0.25) is 0 Å². The minimum Gasteiger partial charge on any atom is -0.292 e. The van der Waals surface area contributed by atoms with Gasteiger partial charge in [-0.25, -0.2) is 0 Å². The summed E-state index contributed by atoms with van der Waals surface area (Å²) in [6.07, 6.45) is 3.67. The molecule has 0 unspecified atom stereocenters. The van der Waals surface area contributed by atoms with Gasteiger partial charge in [-0.2, -0.15) is 0 Å². The van der Waals surface area contributed by atoms with Gasteiger partial charge in [-0.3, -0.25) is 9.78 Å². The molecular weight excluding hydrogens is 174 g/mol. The summed E-state index contributed by atoms with van der Waals surface area (Å²) in [6, 6.07) is 3.88. The lowest BCUT2D eigenvalue weighted by molar-refractivity contribution is 0.0933. The first kappa shape index (κ1) is 10.9. The summed E-state index contributed by atoms with van der Waals surface area (Å²) in [5.74, 6) is 0.176. The van der Waals surface area contributed by atoms with Crippen LogP contribution in [-0.2, 0) is 6.42 Å². The molecule has 1 aromatic rings. The molecule has 2 heteroatoms. The van der Waals surface area contributed by atoms with Gasteiger partial charge in [0.15, 0.2) is 5.78 Å². The third kappa shape index (κ3) is 2.41. The van der Waals surface area contributed by atoms with Gasteiger partial charge in [-0.05, 0) is 18.1 Å². The second-order valence-corrected chi connectivity index (χ2v) is 3.78. The Kier molecular flexibility index (Phi) is 3.81. The first-order valence-electron chi connectivity index (χ1n) is 5.15. The van der Waals surface area contributed by atoms with Crippen LogP contribution in [0.1, 0.15) is 43.2 Å². The van der Waals surface area contributed by atoms with E-state index in [2.05, 4.69) is 11.9 Å². The van der Waals surface area contributed by atoms with Gasteiger partial charge in [-0.1, -0.05) is 33.3 Å². The number of pyridine rings is 1. The molecule has 0 N–H and O–H groups in total. The molecule has 0 amide bonds. The summed E-state index contributed by atoms with van der Waals surface area (Å²) in [4.78, 5) is 15.9. The molecule has 0 atom stereocenters. The van der Waals surface area contributed by atoms with E-state index in [-0.39, 0.29) is 11.7 Å². The predicted molar refractivity (Wildman–Crippen MR) is 57.4 cm³/mol. The molecule has 2 nitrogen and oxygen atoms in total. The monoisotopic (exact) mass is 191 g/mol. The Morgan fingerprint density at radius 2 is 2.21 bits per heavy atom. The van der Waals surface area contributed by atoms with Gasteiger partial charge < -0.3 is 0 Å². The van der Waals surface area contributed by atoms with Crippen molar-refractivity contribution in [2.24, 2.45) is 5.92 Å². The summed E-state index contributed by atoms with van der Waals surface area (Å²) in [5.41, 5.74) is 1.73. The summed E-state index contributed by atoms with van der Waals surface area (Å²) in [7, 11) is 0. The zero-order chi connectivity index (χ0) is 10.6. The quantitative estimate of drug-likeness (QED) is 0.685. The molecule has 0 spiro atoms. The standard InChI is InChI=1S/C12H17NO/c1-4-6-10-7-5-8-13-11(10)12(14)9(2)3/h5,7-9H,4,6H2,1-3H3. The van der Waals surface area contributed by atoms with Crippen molar-refractivity contribution in [1.29, 1.82) is 0 Å². The highest BCUT2D eigenvalue weighted by molar-refractivity contribution is 5.96. The SMILES string of the molecule is CCCc1cccnc1C(=O)C(C)C. The Morgan fingerprint density at radius 3 is 2.79 bits per heavy atom. The van der Waals surface area contributed by atoms with Gasteiger partial charge in [0.1, 0.15) is 5.69 Å². The number of ketones is 1. The number of hydrogen-bond donors (Lipinski definition) is 0. The highest BCUT2D eigenvalue weighted by atomic mass is 16.1. The van der Waals surface area contributed by atoms with Gasteiger partial charge in [0, 0.05) is 12.1 Å². The fraction of sp³-hybridized carbons (Fsp3) is 0.500. The number of hydrogen-bond acceptors (Lipinski definition) is 2. The van der Waals surface area contributed by atoms with E-state index >= 15 is 0 Å². The third-order valence-electron chi connectivity index (χ3n) is 2.17. The lowest BCUT2D eigenvalue weighted by Gasteiger charge is -2.08. The maximum absolute atomic E-state index is 11.8. The topological polar surface area (TPSA) is 30.0 Å². The van der Waals surface area contributed by atoms with Gasteiger partial charge >= 0.3 is 0 Å². The van der Waals surface area contributed by atoms with Gasteiger partial charge in [0.05, 0.1) is 0 Å². The third-order valence-corrected chi connectivity index (χ3v) is 2.17. The van der Waals surface area contributed by atoms with Crippen LogP contribution in [-0.4, -0.2) is 10.8 Å². The van der Waals surface area contributed by atoms with Crippen LogP contribution in [0.25, 0.3) is 0 Å². The average molecular weight is 191 g/mol. The summed E-state index contributed by atoms with van der Waals surface area (Å²) >= 11 is 0. The van der Waals surface area contributed by atoms with Crippen molar-refractivity contribution in [2.75, 3.05) is 0 Å². The summed E-state index contributed by atoms with van der Waals surface area (Å²) < 4.78 is 0. The number of carbonyl (C=O) groups is 1. The van der Waals surface area contributed by atoms with E-state index in [1.807, 2.05) is 26.0 Å². The zero-order valence-electron chi connectivity index (χ0n) is 9.08. The van der Waals surface area contributed by atoms with Crippen LogP contribution in [0.3, 0.4) is 0 Å². The van der Waals surface area contributed by atoms with E-state index in [9.17, 15) is 4.79 Å². The molecule has 0 aliphatic heterocycles. The summed E-state index contributed by atoms with van der Waals surface area (Å²) in [6.45, 7) is 5.93. The molecule has 0 fully saturated rings. The first-order chi connectivity index (χ1) is 6.66. The number of aromatic nitrogens is 1. The van der Waals surface area contributed by atoms with Crippen molar-refractivity contribution >= 4 is 5.78 Å². The van der Waals surface area contributed by atoms with Gasteiger partial charge in [0.2, 0.25) is 0 Å². The Balaban J connectivity index is 3.00. The molecule has 0 saturated carbocycles. The van der Waals surface area contributed by atoms with Crippen LogP contribution >= 0.6 is 0 Å². The molecule has 1 heterocycles. The Hall–Kier alpha value is -1.18. The number of nitrogens with zero attached hydrogens (tertiary/aromatic N) is 1. The predicted octanol–water partition coefficient (Wildman–Crippen LogP) is 2.87. The molecule has 0 bridgehead atoms. The van der Waals surface area contributed by atoms with Crippen molar-refractivity contribution in [2.45, 2.75) is 33.6 Å². The highest BCUT2D eigenvalue weighted by Gasteiger charge is 2.14. The van der Waals surface area contributed by atoms with Crippen molar-refractivity contribution < 1.29 is 4.79 Å². The van der Waals surface area contributed by atoms with E-state index in [1.165, 1.54) is 0 Å². The van der Waals surface area contributed by atoms with Crippen LogP contribution in [0, 0.1) is 5.92 Å². The smallest absolute Gasteiger partial charge is 0.183 e. The van der Waals surface area contributed by atoms with E-state index in [1.54, 1.807) is 6.20 Å². The fourth-order valence-corrected chi connectivity index (χ4v) is 1.40.